The molecule has 98 valence electrons. The average Bonchev–Trinajstić information content (AvgIpc) is 2.38. The molecule has 0 spiro atoms. The van der Waals surface area contributed by atoms with E-state index >= 15 is 0 Å². The Bertz CT molecular complexity index is 592. The Balaban J connectivity index is 2.16. The van der Waals surface area contributed by atoms with Gasteiger partial charge in [0.2, 0.25) is 0 Å². The van der Waals surface area contributed by atoms with Gasteiger partial charge in [0.25, 0.3) is 0 Å². The predicted octanol–water partition coefficient (Wildman–Crippen LogP) is 3.75. The Morgan fingerprint density at radius 3 is 2.32 bits per heavy atom. The zero-order valence-electron chi connectivity index (χ0n) is 10.3. The summed E-state index contributed by atoms with van der Waals surface area (Å²) in [5, 5.41) is 0. The van der Waals surface area contributed by atoms with E-state index in [9.17, 15) is 13.6 Å². The normalized spacial score (nSPS) is 10.3. The van der Waals surface area contributed by atoms with Crippen molar-refractivity contribution in [2.75, 3.05) is 0 Å². The summed E-state index contributed by atoms with van der Waals surface area (Å²) >= 11 is 0. The molecule has 0 unspecified atom stereocenters. The maximum atomic E-state index is 13.1. The topological polar surface area (TPSA) is 26.3 Å². The highest BCUT2D eigenvalue weighted by molar-refractivity contribution is 5.96. The lowest BCUT2D eigenvalue weighted by Crippen LogP contribution is -2.02. The van der Waals surface area contributed by atoms with Crippen molar-refractivity contribution in [3.05, 3.63) is 65.2 Å². The lowest BCUT2D eigenvalue weighted by atomic mass is 10.1. The van der Waals surface area contributed by atoms with Crippen LogP contribution in [0.4, 0.5) is 8.78 Å². The van der Waals surface area contributed by atoms with E-state index in [4.69, 9.17) is 4.74 Å². The van der Waals surface area contributed by atoms with Crippen molar-refractivity contribution < 1.29 is 18.3 Å². The van der Waals surface area contributed by atoms with Gasteiger partial charge in [-0.25, -0.2) is 8.78 Å². The largest absolute Gasteiger partial charge is 0.488 e. The van der Waals surface area contributed by atoms with Crippen LogP contribution < -0.4 is 4.74 Å². The minimum absolute atomic E-state index is 0.143. The van der Waals surface area contributed by atoms with Crippen molar-refractivity contribution in [1.82, 2.24) is 0 Å². The van der Waals surface area contributed by atoms with Crippen molar-refractivity contribution >= 4 is 5.78 Å². The number of hydrogen-bond donors (Lipinski definition) is 0. The summed E-state index contributed by atoms with van der Waals surface area (Å²) in [6.45, 7) is 1.53. The number of benzene rings is 2. The van der Waals surface area contributed by atoms with E-state index in [0.717, 1.165) is 5.56 Å². The third kappa shape index (κ3) is 3.37. The molecule has 2 aromatic rings. The van der Waals surface area contributed by atoms with E-state index in [-0.39, 0.29) is 24.0 Å². The Morgan fingerprint density at radius 2 is 1.68 bits per heavy atom. The Morgan fingerprint density at radius 1 is 1.05 bits per heavy atom. The smallest absolute Gasteiger partial charge is 0.163 e. The minimum Gasteiger partial charge on any atom is -0.488 e. The van der Waals surface area contributed by atoms with Crippen LogP contribution in [-0.2, 0) is 6.61 Å². The third-order valence-corrected chi connectivity index (χ3v) is 2.63. The van der Waals surface area contributed by atoms with Crippen LogP contribution >= 0.6 is 0 Å². The molecule has 0 heterocycles. The number of rotatable bonds is 4. The predicted molar refractivity (Wildman–Crippen MR) is 67.1 cm³/mol. The fraction of sp³-hybridized carbons (Fsp3) is 0.133. The molecular weight excluding hydrogens is 250 g/mol. The quantitative estimate of drug-likeness (QED) is 0.784. The Labute approximate surface area is 109 Å². The van der Waals surface area contributed by atoms with Crippen LogP contribution in [0.1, 0.15) is 22.8 Å². The number of carbonyl (C=O) groups is 1. The van der Waals surface area contributed by atoms with Gasteiger partial charge in [0, 0.05) is 6.07 Å². The van der Waals surface area contributed by atoms with Gasteiger partial charge in [0.05, 0.1) is 5.56 Å². The fourth-order valence-corrected chi connectivity index (χ4v) is 1.65. The van der Waals surface area contributed by atoms with Crippen LogP contribution in [0.5, 0.6) is 5.75 Å². The highest BCUT2D eigenvalue weighted by atomic mass is 19.1. The third-order valence-electron chi connectivity index (χ3n) is 2.63. The molecule has 2 nitrogen and oxygen atoms in total. The number of ketones is 1. The maximum Gasteiger partial charge on any atom is 0.163 e. The van der Waals surface area contributed by atoms with Crippen LogP contribution in [0.2, 0.25) is 0 Å². The van der Waals surface area contributed by atoms with Gasteiger partial charge in [0.1, 0.15) is 24.0 Å². The Hall–Kier alpha value is -2.23. The summed E-state index contributed by atoms with van der Waals surface area (Å²) in [6.07, 6.45) is 0. The van der Waals surface area contributed by atoms with E-state index in [1.54, 1.807) is 12.1 Å². The first-order chi connectivity index (χ1) is 9.06. The van der Waals surface area contributed by atoms with Gasteiger partial charge in [-0.3, -0.25) is 4.79 Å². The summed E-state index contributed by atoms with van der Waals surface area (Å²) in [5.74, 6) is -0.816. The van der Waals surface area contributed by atoms with Gasteiger partial charge in [-0.15, -0.1) is 0 Å². The molecule has 0 aliphatic carbocycles. The molecule has 0 aliphatic rings. The number of halogens is 2. The molecule has 19 heavy (non-hydrogen) atoms. The molecule has 4 heteroatoms. The maximum absolute atomic E-state index is 13.1. The summed E-state index contributed by atoms with van der Waals surface area (Å²) in [6, 6.07) is 9.54. The average molecular weight is 262 g/mol. The fourth-order valence-electron chi connectivity index (χ4n) is 1.65. The van der Waals surface area contributed by atoms with Gasteiger partial charge in [-0.05, 0) is 36.8 Å². The van der Waals surface area contributed by atoms with Crippen LogP contribution in [-0.4, -0.2) is 5.78 Å². The van der Waals surface area contributed by atoms with E-state index < -0.39 is 5.82 Å². The molecule has 2 rings (SSSR count). The minimum atomic E-state index is -0.473. The number of ether oxygens (including phenoxy) is 1. The number of hydrogen-bond acceptors (Lipinski definition) is 2. The highest BCUT2D eigenvalue weighted by Crippen LogP contribution is 2.21. The highest BCUT2D eigenvalue weighted by Gasteiger charge is 2.10. The molecule has 0 aromatic heterocycles. The molecular formula is C15H12F2O2. The van der Waals surface area contributed by atoms with Crippen LogP contribution in [0, 0.1) is 11.6 Å². The second-order valence-corrected chi connectivity index (χ2v) is 4.11. The van der Waals surface area contributed by atoms with Crippen molar-refractivity contribution in [2.45, 2.75) is 13.5 Å². The Kier molecular flexibility index (Phi) is 3.90. The molecule has 0 N–H and O–H groups in total. The lowest BCUT2D eigenvalue weighted by Gasteiger charge is -2.10. The zero-order chi connectivity index (χ0) is 13.8. The molecule has 0 aliphatic heterocycles. The van der Waals surface area contributed by atoms with Gasteiger partial charge in [-0.1, -0.05) is 12.1 Å². The van der Waals surface area contributed by atoms with Gasteiger partial charge >= 0.3 is 0 Å². The monoisotopic (exact) mass is 262 g/mol. The van der Waals surface area contributed by atoms with Crippen molar-refractivity contribution in [3.8, 4) is 5.75 Å². The van der Waals surface area contributed by atoms with E-state index in [0.29, 0.717) is 5.56 Å². The molecule has 0 radical (unpaired) electrons. The van der Waals surface area contributed by atoms with Crippen LogP contribution in [0.15, 0.2) is 42.5 Å². The van der Waals surface area contributed by atoms with Crippen molar-refractivity contribution in [1.29, 1.82) is 0 Å². The van der Waals surface area contributed by atoms with Crippen LogP contribution in [0.3, 0.4) is 0 Å². The van der Waals surface area contributed by atoms with Crippen molar-refractivity contribution in [3.63, 3.8) is 0 Å². The lowest BCUT2D eigenvalue weighted by molar-refractivity contribution is 0.101. The molecule has 0 amide bonds. The van der Waals surface area contributed by atoms with Crippen LogP contribution in [0.25, 0.3) is 0 Å². The SMILES string of the molecule is CC(=O)c1ccc(F)cc1OCc1ccc(F)cc1. The summed E-state index contributed by atoms with van der Waals surface area (Å²) in [5.41, 5.74) is 1.06. The molecule has 0 atom stereocenters. The van der Waals surface area contributed by atoms with Gasteiger partial charge in [-0.2, -0.15) is 0 Å². The van der Waals surface area contributed by atoms with Gasteiger partial charge in [0.15, 0.2) is 5.78 Å². The summed E-state index contributed by atoms with van der Waals surface area (Å²) < 4.78 is 31.3. The molecule has 0 saturated heterocycles. The second-order valence-electron chi connectivity index (χ2n) is 4.11. The summed E-state index contributed by atoms with van der Waals surface area (Å²) in [7, 11) is 0. The first-order valence-electron chi connectivity index (χ1n) is 5.74. The molecule has 0 bridgehead atoms. The first-order valence-corrected chi connectivity index (χ1v) is 5.74. The van der Waals surface area contributed by atoms with E-state index in [2.05, 4.69) is 0 Å². The zero-order valence-corrected chi connectivity index (χ0v) is 10.3. The number of carbonyl (C=O) groups excluding carboxylic acids is 1. The first kappa shape index (κ1) is 13.2. The molecule has 2 aromatic carbocycles. The molecule has 0 fully saturated rings. The van der Waals surface area contributed by atoms with E-state index in [1.165, 1.54) is 37.3 Å². The van der Waals surface area contributed by atoms with Crippen molar-refractivity contribution in [2.24, 2.45) is 0 Å². The molecule has 0 saturated carbocycles. The standard InChI is InChI=1S/C15H12F2O2/c1-10(18)14-7-6-13(17)8-15(14)19-9-11-2-4-12(16)5-3-11/h2-8H,9H2,1H3. The number of Topliss-reactive ketones (excluding diaryl/α,β-unsaturated/α-hetero) is 1. The van der Waals surface area contributed by atoms with E-state index in [1.807, 2.05) is 0 Å². The second kappa shape index (κ2) is 5.61. The van der Waals surface area contributed by atoms with Gasteiger partial charge < -0.3 is 4.74 Å². The summed E-state index contributed by atoms with van der Waals surface area (Å²) in [4.78, 5) is 11.4.